The van der Waals surface area contributed by atoms with Crippen molar-refractivity contribution in [2.24, 2.45) is 0 Å². The van der Waals surface area contributed by atoms with Crippen LogP contribution in [0.4, 0.5) is 0 Å². The summed E-state index contributed by atoms with van der Waals surface area (Å²) in [6.07, 6.45) is 0.839. The molecule has 3 nitrogen and oxygen atoms in total. The van der Waals surface area contributed by atoms with Crippen LogP contribution in [0.5, 0.6) is 5.75 Å². The quantitative estimate of drug-likeness (QED) is 0.756. The number of carbonyl (C=O) groups excluding carboxylic acids is 1. The molecule has 1 heterocycles. The Morgan fingerprint density at radius 2 is 1.95 bits per heavy atom. The van der Waals surface area contributed by atoms with E-state index in [0.717, 1.165) is 17.7 Å². The highest BCUT2D eigenvalue weighted by molar-refractivity contribution is 5.94. The van der Waals surface area contributed by atoms with Crippen LogP contribution in [0.2, 0.25) is 0 Å². The van der Waals surface area contributed by atoms with Crippen LogP contribution in [-0.4, -0.2) is 24.5 Å². The molecule has 3 rings (SSSR count). The van der Waals surface area contributed by atoms with Crippen LogP contribution in [0, 0.1) is 11.8 Å². The monoisotopic (exact) mass is 291 g/mol. The number of amides is 1. The lowest BCUT2D eigenvalue weighted by Crippen LogP contribution is -2.35. The summed E-state index contributed by atoms with van der Waals surface area (Å²) in [5.74, 6) is 6.40. The van der Waals surface area contributed by atoms with Crippen LogP contribution in [0.1, 0.15) is 16.7 Å². The number of nitrogens with zero attached hydrogens (tertiary/aromatic N) is 1. The van der Waals surface area contributed by atoms with Crippen molar-refractivity contribution >= 4 is 5.91 Å². The zero-order valence-electron chi connectivity index (χ0n) is 12.5. The fourth-order valence-corrected chi connectivity index (χ4v) is 2.56. The van der Waals surface area contributed by atoms with E-state index in [1.54, 1.807) is 12.0 Å². The molecule has 0 fully saturated rings. The maximum absolute atomic E-state index is 12.2. The second kappa shape index (κ2) is 6.36. The molecule has 0 N–H and O–H groups in total. The van der Waals surface area contributed by atoms with Crippen LogP contribution < -0.4 is 4.74 Å². The van der Waals surface area contributed by atoms with Crippen molar-refractivity contribution in [2.45, 2.75) is 13.0 Å². The molecule has 22 heavy (non-hydrogen) atoms. The molecule has 2 aromatic carbocycles. The topological polar surface area (TPSA) is 29.5 Å². The van der Waals surface area contributed by atoms with Crippen LogP contribution in [-0.2, 0) is 17.8 Å². The van der Waals surface area contributed by atoms with Crippen molar-refractivity contribution in [1.82, 2.24) is 4.90 Å². The zero-order chi connectivity index (χ0) is 15.4. The van der Waals surface area contributed by atoms with Crippen molar-refractivity contribution in [3.63, 3.8) is 0 Å². The third kappa shape index (κ3) is 3.12. The number of fused-ring (bicyclic) bond motifs is 1. The normalized spacial score (nSPS) is 12.9. The van der Waals surface area contributed by atoms with Crippen molar-refractivity contribution in [3.05, 3.63) is 65.2 Å². The minimum atomic E-state index is -0.120. The molecule has 0 unspecified atom stereocenters. The first-order valence-corrected chi connectivity index (χ1v) is 7.28. The largest absolute Gasteiger partial charge is 0.497 e. The average Bonchev–Trinajstić information content (AvgIpc) is 2.59. The molecule has 0 saturated heterocycles. The zero-order valence-corrected chi connectivity index (χ0v) is 12.5. The SMILES string of the molecule is COc1ccc2c(c1)CCN(C(=O)C#Cc1ccccc1)C2. The van der Waals surface area contributed by atoms with Gasteiger partial charge in [-0.1, -0.05) is 30.2 Å². The van der Waals surface area contributed by atoms with Gasteiger partial charge in [-0.3, -0.25) is 4.79 Å². The van der Waals surface area contributed by atoms with Crippen molar-refractivity contribution in [3.8, 4) is 17.6 Å². The second-order valence-corrected chi connectivity index (χ2v) is 5.23. The van der Waals surface area contributed by atoms with Gasteiger partial charge in [-0.05, 0) is 41.8 Å². The van der Waals surface area contributed by atoms with E-state index in [4.69, 9.17) is 4.74 Å². The van der Waals surface area contributed by atoms with Crippen molar-refractivity contribution in [1.29, 1.82) is 0 Å². The van der Waals surface area contributed by atoms with Crippen LogP contribution >= 0.6 is 0 Å². The van der Waals surface area contributed by atoms with Gasteiger partial charge < -0.3 is 9.64 Å². The molecule has 0 bridgehead atoms. The predicted molar refractivity (Wildman–Crippen MR) is 85.4 cm³/mol. The van der Waals surface area contributed by atoms with E-state index >= 15 is 0 Å². The number of methoxy groups -OCH3 is 1. The van der Waals surface area contributed by atoms with E-state index in [1.165, 1.54) is 11.1 Å². The van der Waals surface area contributed by atoms with E-state index in [0.29, 0.717) is 13.1 Å². The lowest BCUT2D eigenvalue weighted by Gasteiger charge is -2.27. The maximum Gasteiger partial charge on any atom is 0.299 e. The van der Waals surface area contributed by atoms with Gasteiger partial charge in [0.05, 0.1) is 7.11 Å². The summed E-state index contributed by atoms with van der Waals surface area (Å²) in [5.41, 5.74) is 3.28. The maximum atomic E-state index is 12.2. The molecule has 0 saturated carbocycles. The first-order valence-electron chi connectivity index (χ1n) is 7.28. The molecule has 0 radical (unpaired) electrons. The Kier molecular flexibility index (Phi) is 4.11. The van der Waals surface area contributed by atoms with Gasteiger partial charge in [0.1, 0.15) is 5.75 Å². The Hall–Kier alpha value is -2.73. The Morgan fingerprint density at radius 1 is 1.14 bits per heavy atom. The van der Waals surface area contributed by atoms with Gasteiger partial charge in [0, 0.05) is 24.6 Å². The first-order chi connectivity index (χ1) is 10.8. The summed E-state index contributed by atoms with van der Waals surface area (Å²) in [6.45, 7) is 1.31. The molecular weight excluding hydrogens is 274 g/mol. The number of rotatable bonds is 1. The molecule has 2 aromatic rings. The van der Waals surface area contributed by atoms with E-state index in [1.807, 2.05) is 48.5 Å². The van der Waals surface area contributed by atoms with Crippen LogP contribution in [0.25, 0.3) is 0 Å². The summed E-state index contributed by atoms with van der Waals surface area (Å²) < 4.78 is 5.24. The fourth-order valence-electron chi connectivity index (χ4n) is 2.56. The molecule has 0 aliphatic carbocycles. The van der Waals surface area contributed by atoms with Crippen LogP contribution in [0.3, 0.4) is 0 Å². The Balaban J connectivity index is 1.72. The highest BCUT2D eigenvalue weighted by atomic mass is 16.5. The number of ether oxygens (including phenoxy) is 1. The number of hydrogen-bond donors (Lipinski definition) is 0. The van der Waals surface area contributed by atoms with Crippen LogP contribution in [0.15, 0.2) is 48.5 Å². The standard InChI is InChI=1S/C19H17NO2/c1-22-18-9-8-17-14-20(12-11-16(17)13-18)19(21)10-7-15-5-3-2-4-6-15/h2-6,8-9,13H,11-12,14H2,1H3. The van der Waals surface area contributed by atoms with Gasteiger partial charge in [0.25, 0.3) is 5.91 Å². The molecule has 1 aliphatic rings. The van der Waals surface area contributed by atoms with Gasteiger partial charge in [-0.25, -0.2) is 0 Å². The molecule has 0 atom stereocenters. The van der Waals surface area contributed by atoms with Gasteiger partial charge in [-0.15, -0.1) is 0 Å². The second-order valence-electron chi connectivity index (χ2n) is 5.23. The van der Waals surface area contributed by atoms with E-state index < -0.39 is 0 Å². The highest BCUT2D eigenvalue weighted by Crippen LogP contribution is 2.23. The van der Waals surface area contributed by atoms with Gasteiger partial charge in [0.2, 0.25) is 0 Å². The highest BCUT2D eigenvalue weighted by Gasteiger charge is 2.19. The number of carbonyl (C=O) groups is 1. The fraction of sp³-hybridized carbons (Fsp3) is 0.211. The molecular formula is C19H17NO2. The van der Waals surface area contributed by atoms with Gasteiger partial charge in [-0.2, -0.15) is 0 Å². The van der Waals surface area contributed by atoms with E-state index in [-0.39, 0.29) is 5.91 Å². The molecule has 1 amide bonds. The molecule has 1 aliphatic heterocycles. The minimum absolute atomic E-state index is 0.120. The Labute approximate surface area is 130 Å². The predicted octanol–water partition coefficient (Wildman–Crippen LogP) is 2.63. The Morgan fingerprint density at radius 3 is 2.73 bits per heavy atom. The summed E-state index contributed by atoms with van der Waals surface area (Å²) in [7, 11) is 1.67. The lowest BCUT2D eigenvalue weighted by molar-refractivity contribution is -0.125. The summed E-state index contributed by atoms with van der Waals surface area (Å²) in [5, 5.41) is 0. The summed E-state index contributed by atoms with van der Waals surface area (Å²) in [6, 6.07) is 15.6. The molecule has 3 heteroatoms. The van der Waals surface area contributed by atoms with E-state index in [2.05, 4.69) is 11.8 Å². The van der Waals surface area contributed by atoms with Gasteiger partial charge in [0.15, 0.2) is 0 Å². The molecule has 0 spiro atoms. The minimum Gasteiger partial charge on any atom is -0.497 e. The lowest BCUT2D eigenvalue weighted by atomic mass is 9.99. The summed E-state index contributed by atoms with van der Waals surface area (Å²) >= 11 is 0. The number of benzene rings is 2. The smallest absolute Gasteiger partial charge is 0.299 e. The van der Waals surface area contributed by atoms with E-state index in [9.17, 15) is 4.79 Å². The van der Waals surface area contributed by atoms with Crippen molar-refractivity contribution in [2.75, 3.05) is 13.7 Å². The first kappa shape index (κ1) is 14.2. The summed E-state index contributed by atoms with van der Waals surface area (Å²) in [4.78, 5) is 14.0. The molecule has 110 valence electrons. The Bertz CT molecular complexity index is 741. The molecule has 0 aromatic heterocycles. The van der Waals surface area contributed by atoms with Crippen molar-refractivity contribution < 1.29 is 9.53 Å². The number of hydrogen-bond acceptors (Lipinski definition) is 2. The van der Waals surface area contributed by atoms with Gasteiger partial charge >= 0.3 is 0 Å². The third-order valence-corrected chi connectivity index (χ3v) is 3.80. The average molecular weight is 291 g/mol. The third-order valence-electron chi connectivity index (χ3n) is 3.80.